The van der Waals surface area contributed by atoms with Crippen molar-refractivity contribution in [3.05, 3.63) is 58.6 Å². The number of hydrogen-bond acceptors (Lipinski definition) is 4. The van der Waals surface area contributed by atoms with Crippen LogP contribution in [0.3, 0.4) is 0 Å². The fourth-order valence-electron chi connectivity index (χ4n) is 2.51. The summed E-state index contributed by atoms with van der Waals surface area (Å²) in [6.07, 6.45) is 1.80. The van der Waals surface area contributed by atoms with Crippen molar-refractivity contribution in [3.8, 4) is 22.5 Å². The quantitative estimate of drug-likeness (QED) is 0.398. The average molecular weight is 404 g/mol. The summed E-state index contributed by atoms with van der Waals surface area (Å²) in [7, 11) is 0. The van der Waals surface area contributed by atoms with Crippen LogP contribution in [0.4, 0.5) is 0 Å². The molecule has 0 bridgehead atoms. The van der Waals surface area contributed by atoms with Gasteiger partial charge < -0.3 is 4.74 Å². The number of carbonyl (C=O) groups is 1. The SMILES string of the molecule is CCCCOC(=O)Cn1nc(-c2ccc(Cl)cc2)c(-c2ccc(Cl)cc2)n1. The number of hydrogen-bond donors (Lipinski definition) is 0. The third-order valence-corrected chi connectivity index (χ3v) is 4.43. The third kappa shape index (κ3) is 5.08. The van der Waals surface area contributed by atoms with Crippen LogP contribution in [0.5, 0.6) is 0 Å². The monoisotopic (exact) mass is 403 g/mol. The molecule has 3 aromatic rings. The molecule has 5 nitrogen and oxygen atoms in total. The first kappa shape index (κ1) is 19.4. The van der Waals surface area contributed by atoms with Gasteiger partial charge in [0.05, 0.1) is 6.61 Å². The molecule has 1 aromatic heterocycles. The summed E-state index contributed by atoms with van der Waals surface area (Å²) in [4.78, 5) is 13.4. The smallest absolute Gasteiger partial charge is 0.329 e. The second-order valence-corrected chi connectivity index (χ2v) is 6.89. The van der Waals surface area contributed by atoms with Crippen LogP contribution in [0.25, 0.3) is 22.5 Å². The van der Waals surface area contributed by atoms with Crippen molar-refractivity contribution in [2.24, 2.45) is 0 Å². The predicted octanol–water partition coefficient (Wildman–Crippen LogP) is 5.26. The Morgan fingerprint density at radius 3 is 1.85 bits per heavy atom. The van der Waals surface area contributed by atoms with E-state index in [1.54, 1.807) is 24.3 Å². The lowest BCUT2D eigenvalue weighted by Crippen LogP contribution is -2.16. The standard InChI is InChI=1S/C20H19Cl2N3O2/c1-2-3-12-27-18(26)13-25-23-19(14-4-8-16(21)9-5-14)20(24-25)15-6-10-17(22)11-7-15/h4-11H,2-3,12-13H2,1H3. The zero-order valence-electron chi connectivity index (χ0n) is 14.9. The van der Waals surface area contributed by atoms with Gasteiger partial charge in [0.1, 0.15) is 11.4 Å². The molecule has 0 unspecified atom stereocenters. The van der Waals surface area contributed by atoms with Crippen LogP contribution < -0.4 is 0 Å². The van der Waals surface area contributed by atoms with Gasteiger partial charge in [-0.05, 0) is 30.7 Å². The molecule has 0 aliphatic heterocycles. The van der Waals surface area contributed by atoms with Gasteiger partial charge in [-0.2, -0.15) is 15.0 Å². The van der Waals surface area contributed by atoms with Crippen molar-refractivity contribution in [1.29, 1.82) is 0 Å². The van der Waals surface area contributed by atoms with Crippen molar-refractivity contribution >= 4 is 29.2 Å². The van der Waals surface area contributed by atoms with E-state index in [1.807, 2.05) is 31.2 Å². The predicted molar refractivity (Wildman–Crippen MR) is 107 cm³/mol. The van der Waals surface area contributed by atoms with Crippen LogP contribution in [-0.4, -0.2) is 27.6 Å². The highest BCUT2D eigenvalue weighted by molar-refractivity contribution is 6.31. The molecule has 0 aliphatic rings. The van der Waals surface area contributed by atoms with Gasteiger partial charge in [-0.25, -0.2) is 4.79 Å². The number of carbonyl (C=O) groups excluding carboxylic acids is 1. The summed E-state index contributed by atoms with van der Waals surface area (Å²) >= 11 is 12.0. The van der Waals surface area contributed by atoms with Crippen LogP contribution in [0.2, 0.25) is 10.0 Å². The molecule has 140 valence electrons. The zero-order valence-corrected chi connectivity index (χ0v) is 16.4. The highest BCUT2D eigenvalue weighted by Crippen LogP contribution is 2.30. The Kier molecular flexibility index (Phi) is 6.48. The first-order valence-electron chi connectivity index (χ1n) is 8.69. The first-order valence-corrected chi connectivity index (χ1v) is 9.45. The Morgan fingerprint density at radius 1 is 0.926 bits per heavy atom. The van der Waals surface area contributed by atoms with Gasteiger partial charge in [0, 0.05) is 21.2 Å². The molecule has 0 fully saturated rings. The van der Waals surface area contributed by atoms with E-state index in [2.05, 4.69) is 10.2 Å². The van der Waals surface area contributed by atoms with Crippen LogP contribution in [-0.2, 0) is 16.1 Å². The Hall–Kier alpha value is -2.37. The number of esters is 1. The topological polar surface area (TPSA) is 57.0 Å². The summed E-state index contributed by atoms with van der Waals surface area (Å²) in [6.45, 7) is 2.41. The van der Waals surface area contributed by atoms with Gasteiger partial charge in [-0.3, -0.25) is 0 Å². The highest BCUT2D eigenvalue weighted by atomic mass is 35.5. The molecule has 0 atom stereocenters. The van der Waals surface area contributed by atoms with Crippen molar-refractivity contribution in [2.75, 3.05) is 6.61 Å². The number of halogens is 2. The Labute approximate surface area is 167 Å². The maximum absolute atomic E-state index is 12.0. The van der Waals surface area contributed by atoms with Crippen molar-refractivity contribution in [1.82, 2.24) is 15.0 Å². The van der Waals surface area contributed by atoms with Gasteiger partial charge >= 0.3 is 5.97 Å². The van der Waals surface area contributed by atoms with Gasteiger partial charge in [-0.15, -0.1) is 0 Å². The maximum atomic E-state index is 12.0. The first-order chi connectivity index (χ1) is 13.1. The van der Waals surface area contributed by atoms with E-state index in [0.717, 1.165) is 24.0 Å². The molecule has 0 aliphatic carbocycles. The Bertz CT molecular complexity index is 843. The van der Waals surface area contributed by atoms with Crippen molar-refractivity contribution in [3.63, 3.8) is 0 Å². The summed E-state index contributed by atoms with van der Waals surface area (Å²) < 4.78 is 5.20. The van der Waals surface area contributed by atoms with E-state index >= 15 is 0 Å². The number of benzene rings is 2. The highest BCUT2D eigenvalue weighted by Gasteiger charge is 2.17. The summed E-state index contributed by atoms with van der Waals surface area (Å²) in [5.41, 5.74) is 3.04. The van der Waals surface area contributed by atoms with E-state index in [1.165, 1.54) is 4.80 Å². The normalized spacial score (nSPS) is 10.8. The minimum atomic E-state index is -0.358. The van der Waals surface area contributed by atoms with Crippen LogP contribution in [0.15, 0.2) is 48.5 Å². The minimum Gasteiger partial charge on any atom is -0.464 e. The van der Waals surface area contributed by atoms with E-state index in [9.17, 15) is 4.79 Å². The Morgan fingerprint density at radius 2 is 1.41 bits per heavy atom. The van der Waals surface area contributed by atoms with E-state index in [0.29, 0.717) is 28.0 Å². The minimum absolute atomic E-state index is 0.0438. The molecule has 0 radical (unpaired) electrons. The molecule has 0 saturated carbocycles. The van der Waals surface area contributed by atoms with Crippen LogP contribution in [0.1, 0.15) is 19.8 Å². The van der Waals surface area contributed by atoms with Gasteiger partial charge in [0.25, 0.3) is 0 Å². The molecular formula is C20H19Cl2N3O2. The second-order valence-electron chi connectivity index (χ2n) is 6.02. The fourth-order valence-corrected chi connectivity index (χ4v) is 2.77. The molecule has 0 saturated heterocycles. The maximum Gasteiger partial charge on any atom is 0.329 e. The second kappa shape index (κ2) is 9.02. The lowest BCUT2D eigenvalue weighted by molar-refractivity contribution is -0.144. The average Bonchev–Trinajstić information content (AvgIpc) is 3.07. The lowest BCUT2D eigenvalue weighted by Gasteiger charge is -2.02. The molecule has 2 aromatic carbocycles. The molecule has 3 rings (SSSR count). The largest absolute Gasteiger partial charge is 0.464 e. The number of unbranched alkanes of at least 4 members (excludes halogenated alkanes) is 1. The van der Waals surface area contributed by atoms with Crippen molar-refractivity contribution in [2.45, 2.75) is 26.3 Å². The van der Waals surface area contributed by atoms with Crippen LogP contribution >= 0.6 is 23.2 Å². The molecule has 0 spiro atoms. The summed E-state index contributed by atoms with van der Waals surface area (Å²) in [6, 6.07) is 14.7. The fraction of sp³-hybridized carbons (Fsp3) is 0.250. The van der Waals surface area contributed by atoms with E-state index in [4.69, 9.17) is 27.9 Å². The molecule has 7 heteroatoms. The van der Waals surface area contributed by atoms with Gasteiger partial charge in [0.15, 0.2) is 6.54 Å². The number of aromatic nitrogens is 3. The zero-order chi connectivity index (χ0) is 19.2. The number of ether oxygens (including phenoxy) is 1. The Balaban J connectivity index is 1.92. The molecule has 1 heterocycles. The molecular weight excluding hydrogens is 385 g/mol. The number of rotatable bonds is 7. The summed E-state index contributed by atoms with van der Waals surface area (Å²) in [5, 5.41) is 10.3. The summed E-state index contributed by atoms with van der Waals surface area (Å²) in [5.74, 6) is -0.358. The van der Waals surface area contributed by atoms with Gasteiger partial charge in [-0.1, -0.05) is 60.8 Å². The number of nitrogens with zero attached hydrogens (tertiary/aromatic N) is 3. The third-order valence-electron chi connectivity index (χ3n) is 3.92. The molecule has 0 N–H and O–H groups in total. The molecule has 0 amide bonds. The van der Waals surface area contributed by atoms with E-state index in [-0.39, 0.29) is 12.5 Å². The van der Waals surface area contributed by atoms with E-state index < -0.39 is 0 Å². The van der Waals surface area contributed by atoms with Gasteiger partial charge in [0.2, 0.25) is 0 Å². The molecule has 27 heavy (non-hydrogen) atoms. The van der Waals surface area contributed by atoms with Crippen molar-refractivity contribution < 1.29 is 9.53 Å². The van der Waals surface area contributed by atoms with Crippen LogP contribution in [0, 0.1) is 0 Å². The lowest BCUT2D eigenvalue weighted by atomic mass is 10.1.